The summed E-state index contributed by atoms with van der Waals surface area (Å²) in [6, 6.07) is 70.3. The third-order valence-electron chi connectivity index (χ3n) is 12.4. The highest BCUT2D eigenvalue weighted by Crippen LogP contribution is 2.47. The zero-order chi connectivity index (χ0) is 41.9. The fourth-order valence-electron chi connectivity index (χ4n) is 9.42. The SMILES string of the molecule is Cc1ccccc1-c1ccc2c(c1)c1cc(-c3ccccc3C)ccc1n2-c1cccc2c1C(=O)N(c1c(-c3ccccc3)cc(-c3ccccc3)cc1-c1ccccc1)C2=O. The number of nitrogens with zero attached hydrogens (tertiary/aromatic N) is 2. The summed E-state index contributed by atoms with van der Waals surface area (Å²) >= 11 is 0. The average molecular weight is 797 g/mol. The van der Waals surface area contributed by atoms with Crippen molar-refractivity contribution in [2.75, 3.05) is 4.90 Å². The van der Waals surface area contributed by atoms with E-state index in [0.29, 0.717) is 22.5 Å². The molecule has 0 aliphatic carbocycles. The van der Waals surface area contributed by atoms with Crippen LogP contribution in [0.25, 0.3) is 83.1 Å². The van der Waals surface area contributed by atoms with Crippen molar-refractivity contribution in [1.29, 1.82) is 0 Å². The molecule has 4 heteroatoms. The van der Waals surface area contributed by atoms with Gasteiger partial charge in [-0.3, -0.25) is 9.59 Å². The lowest BCUT2D eigenvalue weighted by Gasteiger charge is -2.24. The van der Waals surface area contributed by atoms with Gasteiger partial charge >= 0.3 is 0 Å². The van der Waals surface area contributed by atoms with Crippen molar-refractivity contribution in [1.82, 2.24) is 4.57 Å². The highest BCUT2D eigenvalue weighted by Gasteiger charge is 2.42. The van der Waals surface area contributed by atoms with E-state index in [-0.39, 0.29) is 11.8 Å². The first-order valence-corrected chi connectivity index (χ1v) is 21.0. The van der Waals surface area contributed by atoms with Crippen LogP contribution in [0, 0.1) is 13.8 Å². The second kappa shape index (κ2) is 14.9. The topological polar surface area (TPSA) is 42.3 Å². The Labute approximate surface area is 360 Å². The summed E-state index contributed by atoms with van der Waals surface area (Å²) in [4.78, 5) is 32.1. The number of amides is 2. The Hall–Kier alpha value is -8.08. The molecular formula is C58H40N2O2. The molecule has 4 nitrogen and oxygen atoms in total. The van der Waals surface area contributed by atoms with Crippen molar-refractivity contribution >= 4 is 39.3 Å². The molecule has 1 aliphatic rings. The Morgan fingerprint density at radius 1 is 0.339 bits per heavy atom. The van der Waals surface area contributed by atoms with E-state index < -0.39 is 0 Å². The molecule has 2 heterocycles. The Balaban J connectivity index is 1.15. The van der Waals surface area contributed by atoms with E-state index in [4.69, 9.17) is 0 Å². The number of rotatable bonds is 7. The van der Waals surface area contributed by atoms with Crippen molar-refractivity contribution in [2.45, 2.75) is 13.8 Å². The van der Waals surface area contributed by atoms with Crippen LogP contribution < -0.4 is 4.90 Å². The lowest BCUT2D eigenvalue weighted by Crippen LogP contribution is -2.30. The van der Waals surface area contributed by atoms with Crippen molar-refractivity contribution in [3.8, 4) is 61.3 Å². The van der Waals surface area contributed by atoms with E-state index in [2.05, 4.69) is 128 Å². The maximum Gasteiger partial charge on any atom is 0.268 e. The number of benzene rings is 9. The fraction of sp³-hybridized carbons (Fsp3) is 0.0345. The predicted molar refractivity (Wildman–Crippen MR) is 255 cm³/mol. The molecule has 1 aromatic heterocycles. The minimum atomic E-state index is -0.356. The second-order valence-corrected chi connectivity index (χ2v) is 16.1. The largest absolute Gasteiger partial charge is 0.308 e. The fourth-order valence-corrected chi connectivity index (χ4v) is 9.42. The molecule has 0 saturated carbocycles. The van der Waals surface area contributed by atoms with Crippen LogP contribution in [0.5, 0.6) is 0 Å². The van der Waals surface area contributed by atoms with Crippen LogP contribution in [-0.4, -0.2) is 16.4 Å². The average Bonchev–Trinajstić information content (AvgIpc) is 3.78. The molecule has 0 N–H and O–H groups in total. The maximum atomic E-state index is 15.6. The summed E-state index contributed by atoms with van der Waals surface area (Å²) in [6.45, 7) is 4.28. The number of hydrogen-bond acceptors (Lipinski definition) is 2. The number of imide groups is 1. The molecule has 0 atom stereocenters. The van der Waals surface area contributed by atoms with Gasteiger partial charge in [0, 0.05) is 21.9 Å². The van der Waals surface area contributed by atoms with Crippen LogP contribution in [0.15, 0.2) is 206 Å². The van der Waals surface area contributed by atoms with Crippen LogP contribution >= 0.6 is 0 Å². The molecule has 11 rings (SSSR count). The first-order chi connectivity index (χ1) is 30.4. The Bertz CT molecular complexity index is 3240. The number of hydrogen-bond donors (Lipinski definition) is 0. The molecular weight excluding hydrogens is 757 g/mol. The minimum absolute atomic E-state index is 0.349. The van der Waals surface area contributed by atoms with Gasteiger partial charge in [-0.05, 0) is 118 Å². The van der Waals surface area contributed by atoms with E-state index in [9.17, 15) is 0 Å². The number of carbonyl (C=O) groups excluding carboxylic acids is 2. The third-order valence-corrected chi connectivity index (χ3v) is 12.4. The summed E-state index contributed by atoms with van der Waals surface area (Å²) < 4.78 is 2.18. The van der Waals surface area contributed by atoms with E-state index in [1.165, 1.54) is 27.2 Å². The quantitative estimate of drug-likeness (QED) is 0.151. The minimum Gasteiger partial charge on any atom is -0.308 e. The van der Waals surface area contributed by atoms with Gasteiger partial charge in [-0.1, -0.05) is 158 Å². The number of anilines is 1. The number of aryl methyl sites for hydroxylation is 2. The molecule has 0 spiro atoms. The van der Waals surface area contributed by atoms with E-state index >= 15 is 9.59 Å². The number of aromatic nitrogens is 1. The van der Waals surface area contributed by atoms with Gasteiger partial charge in [-0.25, -0.2) is 4.90 Å². The maximum absolute atomic E-state index is 15.6. The van der Waals surface area contributed by atoms with Crippen LogP contribution in [0.1, 0.15) is 31.8 Å². The van der Waals surface area contributed by atoms with Crippen LogP contribution in [-0.2, 0) is 0 Å². The van der Waals surface area contributed by atoms with Crippen molar-refractivity contribution in [3.05, 3.63) is 229 Å². The smallest absolute Gasteiger partial charge is 0.268 e. The summed E-state index contributed by atoms with van der Waals surface area (Å²) in [7, 11) is 0. The molecule has 1 aliphatic heterocycles. The molecule has 294 valence electrons. The standard InChI is InChI=1S/C58H40N2O2/c1-37-17-12-14-25-45(37)42-29-31-52-50(33-42)51-34-43(46-26-15-13-18-38(46)2)30-32-53(51)59(52)54-28-16-27-47-55(54)58(62)60(57(47)61)56-48(40-21-8-4-9-22-40)35-44(39-19-6-3-7-20-39)36-49(56)41-23-10-5-11-24-41/h3-36H,1-2H3. The summed E-state index contributed by atoms with van der Waals surface area (Å²) in [6.07, 6.45) is 0. The Morgan fingerprint density at radius 3 is 1.29 bits per heavy atom. The van der Waals surface area contributed by atoms with Crippen LogP contribution in [0.4, 0.5) is 5.69 Å². The first-order valence-electron chi connectivity index (χ1n) is 21.0. The van der Waals surface area contributed by atoms with Crippen molar-refractivity contribution < 1.29 is 9.59 Å². The van der Waals surface area contributed by atoms with Gasteiger partial charge in [0.15, 0.2) is 0 Å². The zero-order valence-corrected chi connectivity index (χ0v) is 34.3. The second-order valence-electron chi connectivity index (χ2n) is 16.1. The summed E-state index contributed by atoms with van der Waals surface area (Å²) in [5.41, 5.74) is 16.3. The number of fused-ring (bicyclic) bond motifs is 4. The molecule has 10 aromatic rings. The van der Waals surface area contributed by atoms with Gasteiger partial charge in [0.2, 0.25) is 0 Å². The van der Waals surface area contributed by atoms with Crippen LogP contribution in [0.2, 0.25) is 0 Å². The van der Waals surface area contributed by atoms with Crippen LogP contribution in [0.3, 0.4) is 0 Å². The van der Waals surface area contributed by atoms with Gasteiger partial charge in [-0.2, -0.15) is 0 Å². The normalized spacial score (nSPS) is 12.4. The van der Waals surface area contributed by atoms with E-state index in [1.807, 2.05) is 91.0 Å². The molecule has 0 bridgehead atoms. The van der Waals surface area contributed by atoms with Gasteiger partial charge in [0.05, 0.1) is 33.5 Å². The molecule has 0 unspecified atom stereocenters. The van der Waals surface area contributed by atoms with Gasteiger partial charge in [-0.15, -0.1) is 0 Å². The molecule has 2 amide bonds. The third kappa shape index (κ3) is 5.99. The highest BCUT2D eigenvalue weighted by molar-refractivity contribution is 6.37. The summed E-state index contributed by atoms with van der Waals surface area (Å²) in [5.74, 6) is -0.705. The zero-order valence-electron chi connectivity index (χ0n) is 34.3. The van der Waals surface area contributed by atoms with Gasteiger partial charge < -0.3 is 4.57 Å². The lowest BCUT2D eigenvalue weighted by atomic mass is 9.90. The molecule has 0 fully saturated rings. The molecule has 9 aromatic carbocycles. The lowest BCUT2D eigenvalue weighted by molar-refractivity contribution is 0.0926. The summed E-state index contributed by atoms with van der Waals surface area (Å²) in [5, 5.41) is 2.13. The van der Waals surface area contributed by atoms with Crippen molar-refractivity contribution in [3.63, 3.8) is 0 Å². The van der Waals surface area contributed by atoms with E-state index in [1.54, 1.807) is 6.07 Å². The first kappa shape index (κ1) is 37.0. The van der Waals surface area contributed by atoms with E-state index in [0.717, 1.165) is 66.3 Å². The molecule has 62 heavy (non-hydrogen) atoms. The predicted octanol–water partition coefficient (Wildman–Crippen LogP) is 14.5. The highest BCUT2D eigenvalue weighted by atomic mass is 16.2. The Kier molecular flexibility index (Phi) is 8.87. The van der Waals surface area contributed by atoms with Crippen molar-refractivity contribution in [2.24, 2.45) is 0 Å². The number of carbonyl (C=O) groups is 2. The van der Waals surface area contributed by atoms with Gasteiger partial charge in [0.25, 0.3) is 11.8 Å². The molecule has 0 saturated heterocycles. The Morgan fingerprint density at radius 2 is 0.790 bits per heavy atom. The van der Waals surface area contributed by atoms with Gasteiger partial charge in [0.1, 0.15) is 0 Å². The monoisotopic (exact) mass is 796 g/mol. The molecule has 0 radical (unpaired) electrons.